The predicted molar refractivity (Wildman–Crippen MR) is 58.0 cm³/mol. The van der Waals surface area contributed by atoms with Gasteiger partial charge in [0.25, 0.3) is 0 Å². The molecule has 1 aliphatic heterocycles. The van der Waals surface area contributed by atoms with Crippen molar-refractivity contribution in [1.82, 2.24) is 0 Å². The van der Waals surface area contributed by atoms with E-state index >= 15 is 0 Å². The quantitative estimate of drug-likeness (QED) is 0.639. The molecule has 0 amide bonds. The highest BCUT2D eigenvalue weighted by atomic mass is 16.7. The zero-order valence-corrected chi connectivity index (χ0v) is 8.90. The van der Waals surface area contributed by atoms with Crippen LogP contribution in [-0.4, -0.2) is 19.5 Å². The molecule has 2 nitrogen and oxygen atoms in total. The van der Waals surface area contributed by atoms with Crippen LogP contribution >= 0.6 is 0 Å². The summed E-state index contributed by atoms with van der Waals surface area (Å²) in [5, 5.41) is 0. The van der Waals surface area contributed by atoms with Gasteiger partial charge in [-0.15, -0.1) is 0 Å². The number of hydrogen-bond donors (Lipinski definition) is 0. The molecule has 0 atom stereocenters. The summed E-state index contributed by atoms with van der Waals surface area (Å²) in [6.45, 7) is 5.44. The van der Waals surface area contributed by atoms with E-state index in [-0.39, 0.29) is 6.29 Å². The average Bonchev–Trinajstić information content (AvgIpc) is 2.64. The van der Waals surface area contributed by atoms with Gasteiger partial charge in [-0.05, 0) is 12.0 Å². The van der Waals surface area contributed by atoms with Crippen LogP contribution in [0.5, 0.6) is 0 Å². The molecule has 14 heavy (non-hydrogen) atoms. The monoisotopic (exact) mass is 194 g/mol. The van der Waals surface area contributed by atoms with Crippen LogP contribution in [-0.2, 0) is 9.47 Å². The van der Waals surface area contributed by atoms with Crippen LogP contribution in [0.25, 0.3) is 0 Å². The van der Waals surface area contributed by atoms with E-state index in [4.69, 9.17) is 9.47 Å². The van der Waals surface area contributed by atoms with E-state index in [1.165, 1.54) is 5.57 Å². The van der Waals surface area contributed by atoms with Crippen molar-refractivity contribution in [2.45, 2.75) is 26.6 Å². The normalized spacial score (nSPS) is 21.1. The highest BCUT2D eigenvalue weighted by Crippen LogP contribution is 2.18. The third-order valence-electron chi connectivity index (χ3n) is 1.95. The number of rotatable bonds is 1. The summed E-state index contributed by atoms with van der Waals surface area (Å²) in [4.78, 5) is 0. The molecule has 0 spiro atoms. The van der Waals surface area contributed by atoms with Gasteiger partial charge in [-0.2, -0.15) is 0 Å². The summed E-state index contributed by atoms with van der Waals surface area (Å²) in [5.74, 6) is 0. The molecule has 0 N–H and O–H groups in total. The molecule has 2 heteroatoms. The molecular formula is C12H18O2. The largest absolute Gasteiger partial charge is 0.346 e. The fourth-order valence-corrected chi connectivity index (χ4v) is 1.34. The summed E-state index contributed by atoms with van der Waals surface area (Å²) in [5.41, 5.74) is 1.21. The van der Waals surface area contributed by atoms with Gasteiger partial charge in [-0.1, -0.05) is 44.2 Å². The van der Waals surface area contributed by atoms with Gasteiger partial charge in [0.2, 0.25) is 0 Å². The van der Waals surface area contributed by atoms with Crippen LogP contribution in [0.3, 0.4) is 0 Å². The van der Waals surface area contributed by atoms with Crippen molar-refractivity contribution in [3.05, 3.63) is 36.0 Å². The van der Waals surface area contributed by atoms with Crippen LogP contribution in [0.2, 0.25) is 0 Å². The minimum atomic E-state index is -0.0996. The van der Waals surface area contributed by atoms with Crippen molar-refractivity contribution in [2.75, 3.05) is 13.2 Å². The van der Waals surface area contributed by atoms with E-state index in [1.807, 2.05) is 32.1 Å². The van der Waals surface area contributed by atoms with E-state index < -0.39 is 0 Å². The van der Waals surface area contributed by atoms with Crippen molar-refractivity contribution >= 4 is 0 Å². The second-order valence-electron chi connectivity index (χ2n) is 2.83. The van der Waals surface area contributed by atoms with Crippen molar-refractivity contribution in [1.29, 1.82) is 0 Å². The first-order chi connectivity index (χ1) is 6.97. The van der Waals surface area contributed by atoms with E-state index in [1.54, 1.807) is 0 Å². The Hall–Kier alpha value is -0.860. The zero-order valence-electron chi connectivity index (χ0n) is 8.90. The molecule has 0 unspecified atom stereocenters. The molecular weight excluding hydrogens is 176 g/mol. The fourth-order valence-electron chi connectivity index (χ4n) is 1.34. The molecule has 1 aliphatic carbocycles. The Bertz CT molecular complexity index is 233. The topological polar surface area (TPSA) is 18.5 Å². The minimum absolute atomic E-state index is 0.0996. The standard InChI is InChI=1S/C10H12O2.C2H6/c1-2-4-6-9(5-3-1)10-11-7-8-12-10;1-2/h1-5,10H,6-8H2;1-2H3. The van der Waals surface area contributed by atoms with Gasteiger partial charge in [0, 0.05) is 0 Å². The SMILES string of the molecule is C1=CC=C(C2OCCO2)CC=C1.CC. The maximum absolute atomic E-state index is 5.39. The Morgan fingerprint density at radius 3 is 2.50 bits per heavy atom. The molecule has 0 saturated carbocycles. The Labute approximate surface area is 85.9 Å². The number of ether oxygens (including phenoxy) is 2. The molecule has 78 valence electrons. The lowest BCUT2D eigenvalue weighted by molar-refractivity contribution is -0.0123. The van der Waals surface area contributed by atoms with Gasteiger partial charge >= 0.3 is 0 Å². The first-order valence-corrected chi connectivity index (χ1v) is 5.22. The molecule has 2 rings (SSSR count). The van der Waals surface area contributed by atoms with Crippen molar-refractivity contribution < 1.29 is 9.47 Å². The summed E-state index contributed by atoms with van der Waals surface area (Å²) in [6, 6.07) is 0. The maximum atomic E-state index is 5.39. The van der Waals surface area contributed by atoms with Gasteiger partial charge in [-0.25, -0.2) is 0 Å². The van der Waals surface area contributed by atoms with Crippen molar-refractivity contribution in [3.63, 3.8) is 0 Å². The van der Waals surface area contributed by atoms with E-state index in [9.17, 15) is 0 Å². The van der Waals surface area contributed by atoms with Gasteiger partial charge in [-0.3, -0.25) is 0 Å². The highest BCUT2D eigenvalue weighted by Gasteiger charge is 2.19. The third-order valence-corrected chi connectivity index (χ3v) is 1.95. The number of hydrogen-bond acceptors (Lipinski definition) is 2. The summed E-state index contributed by atoms with van der Waals surface area (Å²) >= 11 is 0. The highest BCUT2D eigenvalue weighted by molar-refractivity contribution is 5.24. The molecule has 0 aromatic carbocycles. The molecule has 1 heterocycles. The smallest absolute Gasteiger partial charge is 0.180 e. The molecule has 0 radical (unpaired) electrons. The molecule has 0 aromatic rings. The van der Waals surface area contributed by atoms with Gasteiger partial charge < -0.3 is 9.47 Å². The summed E-state index contributed by atoms with van der Waals surface area (Å²) in [7, 11) is 0. The van der Waals surface area contributed by atoms with Crippen LogP contribution in [0.15, 0.2) is 36.0 Å². The van der Waals surface area contributed by atoms with Gasteiger partial charge in [0.15, 0.2) is 6.29 Å². The summed E-state index contributed by atoms with van der Waals surface area (Å²) < 4.78 is 10.8. The molecule has 1 saturated heterocycles. The second kappa shape index (κ2) is 6.57. The van der Waals surface area contributed by atoms with E-state index in [0.29, 0.717) is 0 Å². The van der Waals surface area contributed by atoms with Crippen LogP contribution in [0.4, 0.5) is 0 Å². The Morgan fingerprint density at radius 1 is 1.07 bits per heavy atom. The molecule has 2 aliphatic rings. The van der Waals surface area contributed by atoms with Crippen molar-refractivity contribution in [3.8, 4) is 0 Å². The summed E-state index contributed by atoms with van der Waals surface area (Å²) in [6.07, 6.45) is 11.1. The lowest BCUT2D eigenvalue weighted by Gasteiger charge is -2.10. The lowest BCUT2D eigenvalue weighted by atomic mass is 10.2. The Kier molecular flexibility index (Phi) is 5.27. The van der Waals surface area contributed by atoms with E-state index in [0.717, 1.165) is 19.6 Å². The fraction of sp³-hybridized carbons (Fsp3) is 0.500. The maximum Gasteiger partial charge on any atom is 0.180 e. The third kappa shape index (κ3) is 3.13. The zero-order chi connectivity index (χ0) is 10.2. The number of allylic oxidation sites excluding steroid dienone is 5. The Balaban J connectivity index is 0.000000461. The van der Waals surface area contributed by atoms with Crippen LogP contribution in [0, 0.1) is 0 Å². The van der Waals surface area contributed by atoms with Crippen LogP contribution in [0.1, 0.15) is 20.3 Å². The second-order valence-corrected chi connectivity index (χ2v) is 2.83. The van der Waals surface area contributed by atoms with Crippen LogP contribution < -0.4 is 0 Å². The first kappa shape index (κ1) is 11.2. The Morgan fingerprint density at radius 2 is 1.79 bits per heavy atom. The lowest BCUT2D eigenvalue weighted by Crippen LogP contribution is -2.10. The molecule has 0 bridgehead atoms. The van der Waals surface area contributed by atoms with Crippen molar-refractivity contribution in [2.24, 2.45) is 0 Å². The predicted octanol–water partition coefficient (Wildman–Crippen LogP) is 2.83. The molecule has 0 aromatic heterocycles. The first-order valence-electron chi connectivity index (χ1n) is 5.22. The van der Waals surface area contributed by atoms with Gasteiger partial charge in [0.1, 0.15) is 0 Å². The molecule has 1 fully saturated rings. The minimum Gasteiger partial charge on any atom is -0.346 e. The average molecular weight is 194 g/mol. The van der Waals surface area contributed by atoms with Gasteiger partial charge in [0.05, 0.1) is 13.2 Å². The van der Waals surface area contributed by atoms with E-state index in [2.05, 4.69) is 12.2 Å².